The van der Waals surface area contributed by atoms with E-state index in [1.54, 1.807) is 6.92 Å². The fourth-order valence-electron chi connectivity index (χ4n) is 0.945. The third-order valence-electron chi connectivity index (χ3n) is 1.43. The summed E-state index contributed by atoms with van der Waals surface area (Å²) in [4.78, 5) is 11.1. The van der Waals surface area contributed by atoms with Gasteiger partial charge in [0.2, 0.25) is 0 Å². The predicted octanol–water partition coefficient (Wildman–Crippen LogP) is 1.58. The maximum atomic E-state index is 12.7. The fourth-order valence-corrected chi connectivity index (χ4v) is 0.945. The predicted molar refractivity (Wildman–Crippen MR) is 46.8 cm³/mol. The van der Waals surface area contributed by atoms with Crippen LogP contribution in [0.2, 0.25) is 0 Å². The molecule has 0 unspecified atom stereocenters. The van der Waals surface area contributed by atoms with Crippen LogP contribution in [0.15, 0.2) is 18.2 Å². The van der Waals surface area contributed by atoms with Crippen molar-refractivity contribution in [3.63, 3.8) is 0 Å². The van der Waals surface area contributed by atoms with Crippen molar-refractivity contribution in [3.05, 3.63) is 29.6 Å². The second kappa shape index (κ2) is 3.89. The lowest BCUT2D eigenvalue weighted by atomic mass is 10.2. The van der Waals surface area contributed by atoms with Crippen LogP contribution in [-0.2, 0) is 4.74 Å². The third kappa shape index (κ3) is 2.43. The molecule has 0 spiro atoms. The van der Waals surface area contributed by atoms with E-state index in [0.717, 1.165) is 12.1 Å². The van der Waals surface area contributed by atoms with Crippen molar-refractivity contribution in [3.8, 4) is 0 Å². The fraction of sp³-hybridized carbons (Fsp3) is 0.222. The highest BCUT2D eigenvalue weighted by atomic mass is 19.1. The number of benzene rings is 1. The normalized spacial score (nSPS) is 9.69. The van der Waals surface area contributed by atoms with E-state index in [-0.39, 0.29) is 17.9 Å². The summed E-state index contributed by atoms with van der Waals surface area (Å²) < 4.78 is 17.4. The van der Waals surface area contributed by atoms with E-state index in [0.29, 0.717) is 0 Å². The molecule has 0 aliphatic heterocycles. The van der Waals surface area contributed by atoms with Crippen LogP contribution in [0.5, 0.6) is 0 Å². The average molecular weight is 183 g/mol. The van der Waals surface area contributed by atoms with Gasteiger partial charge in [0.15, 0.2) is 0 Å². The molecule has 0 atom stereocenters. The summed E-state index contributed by atoms with van der Waals surface area (Å²) >= 11 is 0. The topological polar surface area (TPSA) is 52.3 Å². The van der Waals surface area contributed by atoms with E-state index in [4.69, 9.17) is 5.73 Å². The van der Waals surface area contributed by atoms with Gasteiger partial charge in [-0.05, 0) is 25.1 Å². The molecule has 13 heavy (non-hydrogen) atoms. The van der Waals surface area contributed by atoms with Gasteiger partial charge in [0.25, 0.3) is 0 Å². The number of hydrogen-bond donors (Lipinski definition) is 1. The molecular weight excluding hydrogens is 173 g/mol. The summed E-state index contributed by atoms with van der Waals surface area (Å²) in [5, 5.41) is 0. The largest absolute Gasteiger partial charge is 0.462 e. The highest BCUT2D eigenvalue weighted by Crippen LogP contribution is 2.11. The zero-order chi connectivity index (χ0) is 9.84. The van der Waals surface area contributed by atoms with Gasteiger partial charge in [-0.3, -0.25) is 0 Å². The summed E-state index contributed by atoms with van der Waals surface area (Å²) in [5.74, 6) is -1.10. The number of nitrogen functional groups attached to an aromatic ring is 1. The lowest BCUT2D eigenvalue weighted by Gasteiger charge is -2.02. The Hall–Kier alpha value is -1.58. The molecule has 1 rings (SSSR count). The molecule has 1 aromatic carbocycles. The summed E-state index contributed by atoms with van der Waals surface area (Å²) in [7, 11) is 0. The van der Waals surface area contributed by atoms with Gasteiger partial charge in [-0.15, -0.1) is 0 Å². The molecule has 0 saturated carbocycles. The van der Waals surface area contributed by atoms with Crippen molar-refractivity contribution >= 4 is 11.7 Å². The highest BCUT2D eigenvalue weighted by Gasteiger charge is 2.08. The molecule has 0 heterocycles. The molecule has 3 nitrogen and oxygen atoms in total. The molecule has 70 valence electrons. The van der Waals surface area contributed by atoms with Gasteiger partial charge in [0.05, 0.1) is 12.2 Å². The Morgan fingerprint density at radius 1 is 1.54 bits per heavy atom. The molecule has 1 aromatic rings. The van der Waals surface area contributed by atoms with Crippen molar-refractivity contribution in [2.75, 3.05) is 12.3 Å². The van der Waals surface area contributed by atoms with Gasteiger partial charge in [0, 0.05) is 5.69 Å². The first-order valence-corrected chi connectivity index (χ1v) is 3.86. The maximum Gasteiger partial charge on any atom is 0.338 e. The summed E-state index contributed by atoms with van der Waals surface area (Å²) in [6.45, 7) is 1.94. The Kier molecular flexibility index (Phi) is 2.84. The Bertz CT molecular complexity index is 305. The lowest BCUT2D eigenvalue weighted by Crippen LogP contribution is -2.05. The summed E-state index contributed by atoms with van der Waals surface area (Å²) in [6.07, 6.45) is 0. The molecular formula is C9H10FNO2. The van der Waals surface area contributed by atoms with Crippen LogP contribution in [-0.4, -0.2) is 12.6 Å². The standard InChI is InChI=1S/C9H10FNO2/c1-2-13-9(12)6-3-7(10)5-8(11)4-6/h3-5H,2,11H2,1H3. The van der Waals surface area contributed by atoms with Crippen LogP contribution >= 0.6 is 0 Å². The van der Waals surface area contributed by atoms with Crippen LogP contribution in [0.1, 0.15) is 17.3 Å². The number of nitrogens with two attached hydrogens (primary N) is 1. The summed E-state index contributed by atoms with van der Waals surface area (Å²) in [6, 6.07) is 3.61. The molecule has 0 amide bonds. The van der Waals surface area contributed by atoms with E-state index >= 15 is 0 Å². The number of rotatable bonds is 2. The Balaban J connectivity index is 2.94. The first-order chi connectivity index (χ1) is 6.13. The third-order valence-corrected chi connectivity index (χ3v) is 1.43. The smallest absolute Gasteiger partial charge is 0.338 e. The van der Waals surface area contributed by atoms with Crippen LogP contribution in [0, 0.1) is 5.82 Å². The van der Waals surface area contributed by atoms with Crippen molar-refractivity contribution in [2.45, 2.75) is 6.92 Å². The van der Waals surface area contributed by atoms with E-state index in [1.807, 2.05) is 0 Å². The number of esters is 1. The molecule has 0 aromatic heterocycles. The molecule has 0 bridgehead atoms. The van der Waals surface area contributed by atoms with Crippen molar-refractivity contribution < 1.29 is 13.9 Å². The molecule has 2 N–H and O–H groups in total. The Morgan fingerprint density at radius 3 is 2.77 bits per heavy atom. The number of carbonyl (C=O) groups excluding carboxylic acids is 1. The zero-order valence-electron chi connectivity index (χ0n) is 7.21. The first-order valence-electron chi connectivity index (χ1n) is 3.86. The first kappa shape index (κ1) is 9.51. The number of anilines is 1. The van der Waals surface area contributed by atoms with Crippen molar-refractivity contribution in [1.82, 2.24) is 0 Å². The van der Waals surface area contributed by atoms with Crippen LogP contribution in [0.25, 0.3) is 0 Å². The number of halogens is 1. The highest BCUT2D eigenvalue weighted by molar-refractivity contribution is 5.90. The maximum absolute atomic E-state index is 12.7. The number of ether oxygens (including phenoxy) is 1. The second-order valence-corrected chi connectivity index (χ2v) is 2.49. The zero-order valence-corrected chi connectivity index (χ0v) is 7.21. The van der Waals surface area contributed by atoms with Crippen LogP contribution in [0.3, 0.4) is 0 Å². The van der Waals surface area contributed by atoms with Gasteiger partial charge < -0.3 is 10.5 Å². The average Bonchev–Trinajstić information content (AvgIpc) is 2.03. The Morgan fingerprint density at radius 2 is 2.23 bits per heavy atom. The van der Waals surface area contributed by atoms with Crippen molar-refractivity contribution in [2.24, 2.45) is 0 Å². The Labute approximate surface area is 75.3 Å². The molecule has 0 aliphatic rings. The van der Waals surface area contributed by atoms with Gasteiger partial charge in [-0.2, -0.15) is 0 Å². The van der Waals surface area contributed by atoms with E-state index in [2.05, 4.69) is 4.74 Å². The van der Waals surface area contributed by atoms with Gasteiger partial charge in [-0.1, -0.05) is 0 Å². The number of hydrogen-bond acceptors (Lipinski definition) is 3. The van der Waals surface area contributed by atoms with Crippen LogP contribution in [0.4, 0.5) is 10.1 Å². The molecule has 0 aliphatic carbocycles. The van der Waals surface area contributed by atoms with Gasteiger partial charge in [0.1, 0.15) is 5.82 Å². The minimum absolute atomic E-state index is 0.138. The minimum Gasteiger partial charge on any atom is -0.462 e. The second-order valence-electron chi connectivity index (χ2n) is 2.49. The van der Waals surface area contributed by atoms with E-state index in [9.17, 15) is 9.18 Å². The molecule has 0 radical (unpaired) electrons. The minimum atomic E-state index is -0.561. The van der Waals surface area contributed by atoms with Crippen LogP contribution < -0.4 is 5.73 Å². The summed E-state index contributed by atoms with van der Waals surface area (Å²) in [5.41, 5.74) is 5.70. The molecule has 0 saturated heterocycles. The van der Waals surface area contributed by atoms with Gasteiger partial charge >= 0.3 is 5.97 Å². The molecule has 4 heteroatoms. The quantitative estimate of drug-likeness (QED) is 0.559. The SMILES string of the molecule is CCOC(=O)c1cc(N)cc(F)c1. The van der Waals surface area contributed by atoms with E-state index in [1.165, 1.54) is 6.07 Å². The molecule has 0 fully saturated rings. The number of carbonyl (C=O) groups is 1. The van der Waals surface area contributed by atoms with Gasteiger partial charge in [-0.25, -0.2) is 9.18 Å². The van der Waals surface area contributed by atoms with E-state index < -0.39 is 11.8 Å². The van der Waals surface area contributed by atoms with Crippen molar-refractivity contribution in [1.29, 1.82) is 0 Å². The lowest BCUT2D eigenvalue weighted by molar-refractivity contribution is 0.0526. The monoisotopic (exact) mass is 183 g/mol.